The lowest BCUT2D eigenvalue weighted by molar-refractivity contribution is -0.119. The zero-order valence-electron chi connectivity index (χ0n) is 17.9. The molecule has 0 aliphatic rings. The molecule has 1 aromatic carbocycles. The van der Waals surface area contributed by atoms with Gasteiger partial charge in [0.25, 0.3) is 0 Å². The van der Waals surface area contributed by atoms with E-state index in [2.05, 4.69) is 59.2 Å². The Balaban J connectivity index is 2.03. The normalized spacial score (nSPS) is 11.6. The van der Waals surface area contributed by atoms with Crippen molar-refractivity contribution in [3.8, 4) is 0 Å². The van der Waals surface area contributed by atoms with E-state index in [9.17, 15) is 4.79 Å². The van der Waals surface area contributed by atoms with Gasteiger partial charge in [-0.05, 0) is 56.3 Å². The summed E-state index contributed by atoms with van der Waals surface area (Å²) in [4.78, 5) is 16.0. The summed E-state index contributed by atoms with van der Waals surface area (Å²) in [5.74, 6) is 0.0707. The molecule has 0 unspecified atom stereocenters. The van der Waals surface area contributed by atoms with E-state index in [1.807, 2.05) is 18.7 Å². The Hall–Kier alpha value is -2.14. The van der Waals surface area contributed by atoms with Crippen LogP contribution in [-0.2, 0) is 29.7 Å². The molecule has 28 heavy (non-hydrogen) atoms. The number of imidazole rings is 1. The fourth-order valence-electron chi connectivity index (χ4n) is 3.43. The predicted molar refractivity (Wildman–Crippen MR) is 115 cm³/mol. The number of nitrogens with zero attached hydrogens (tertiary/aromatic N) is 2. The number of hydrogen-bond acceptors (Lipinski definition) is 3. The Kier molecular flexibility index (Phi) is 8.71. The fraction of sp³-hybridized carbons (Fsp3) is 0.565. The van der Waals surface area contributed by atoms with E-state index < -0.39 is 0 Å². The van der Waals surface area contributed by atoms with E-state index >= 15 is 0 Å². The van der Waals surface area contributed by atoms with Gasteiger partial charge in [0.2, 0.25) is 5.91 Å². The van der Waals surface area contributed by atoms with Gasteiger partial charge in [0, 0.05) is 31.5 Å². The molecule has 5 nitrogen and oxygen atoms in total. The molecular formula is C23H36N4O. The lowest BCUT2D eigenvalue weighted by atomic mass is 9.88. The van der Waals surface area contributed by atoms with Crippen molar-refractivity contribution in [3.05, 3.63) is 53.6 Å². The third-order valence-electron chi connectivity index (χ3n) is 5.33. The predicted octanol–water partition coefficient (Wildman–Crippen LogP) is 3.82. The van der Waals surface area contributed by atoms with Crippen LogP contribution < -0.4 is 10.6 Å². The van der Waals surface area contributed by atoms with Crippen LogP contribution in [0.2, 0.25) is 0 Å². The summed E-state index contributed by atoms with van der Waals surface area (Å²) in [5, 5.41) is 6.43. The van der Waals surface area contributed by atoms with Gasteiger partial charge in [-0.15, -0.1) is 0 Å². The molecule has 0 spiro atoms. The van der Waals surface area contributed by atoms with Crippen LogP contribution in [0.3, 0.4) is 0 Å². The molecule has 1 heterocycles. The minimum atomic E-state index is -0.111. The van der Waals surface area contributed by atoms with Gasteiger partial charge < -0.3 is 15.2 Å². The van der Waals surface area contributed by atoms with Crippen molar-refractivity contribution in [1.82, 2.24) is 20.2 Å². The molecule has 5 heteroatoms. The minimum Gasteiger partial charge on any atom is -0.359 e. The highest BCUT2D eigenvalue weighted by molar-refractivity contribution is 5.78. The zero-order valence-corrected chi connectivity index (χ0v) is 17.9. The first-order valence-corrected chi connectivity index (χ1v) is 10.5. The minimum absolute atomic E-state index is 0.0707. The quantitative estimate of drug-likeness (QED) is 0.547. The van der Waals surface area contributed by atoms with Crippen LogP contribution in [0.5, 0.6) is 0 Å². The van der Waals surface area contributed by atoms with Gasteiger partial charge in [-0.1, -0.05) is 38.0 Å². The van der Waals surface area contributed by atoms with Crippen molar-refractivity contribution < 1.29 is 4.79 Å². The van der Waals surface area contributed by atoms with Crippen molar-refractivity contribution in [2.45, 2.75) is 71.4 Å². The number of carbonyl (C=O) groups excluding carboxylic acids is 1. The van der Waals surface area contributed by atoms with E-state index in [1.54, 1.807) is 7.05 Å². The average molecular weight is 385 g/mol. The lowest BCUT2D eigenvalue weighted by Crippen LogP contribution is -2.37. The number of hydrogen-bond donors (Lipinski definition) is 2. The van der Waals surface area contributed by atoms with Crippen molar-refractivity contribution in [2.75, 3.05) is 13.6 Å². The summed E-state index contributed by atoms with van der Waals surface area (Å²) >= 11 is 0. The number of rotatable bonds is 12. The Bertz CT molecular complexity index is 722. The topological polar surface area (TPSA) is 59.0 Å². The average Bonchev–Trinajstić information content (AvgIpc) is 3.20. The van der Waals surface area contributed by atoms with Crippen LogP contribution in [-0.4, -0.2) is 29.1 Å². The number of unbranched alkanes of at least 4 members (excludes halogenated alkanes) is 2. The molecule has 0 atom stereocenters. The molecule has 0 radical (unpaired) electrons. The van der Waals surface area contributed by atoms with E-state index in [4.69, 9.17) is 0 Å². The van der Waals surface area contributed by atoms with Gasteiger partial charge in [-0.2, -0.15) is 0 Å². The first kappa shape index (κ1) is 22.2. The number of likely N-dealkylation sites (N-methyl/N-ethyl adjacent to an activating group) is 1. The smallest absolute Gasteiger partial charge is 0.224 e. The SMILES string of the molecule is CCCCCc1cc(C(C)(C)NCCCn2ccnc2)ccc1CC(=O)NC. The third kappa shape index (κ3) is 6.79. The maximum Gasteiger partial charge on any atom is 0.224 e. The second-order valence-electron chi connectivity index (χ2n) is 8.00. The molecule has 2 N–H and O–H groups in total. The largest absolute Gasteiger partial charge is 0.359 e. The number of aromatic nitrogens is 2. The molecule has 0 fully saturated rings. The molecule has 0 aliphatic carbocycles. The van der Waals surface area contributed by atoms with E-state index in [-0.39, 0.29) is 11.4 Å². The first-order chi connectivity index (χ1) is 13.5. The van der Waals surface area contributed by atoms with E-state index in [1.165, 1.54) is 30.4 Å². The molecular weight excluding hydrogens is 348 g/mol. The Labute approximate surface area is 169 Å². The summed E-state index contributed by atoms with van der Waals surface area (Å²) in [6.45, 7) is 8.59. The van der Waals surface area contributed by atoms with Crippen molar-refractivity contribution >= 4 is 5.91 Å². The molecule has 154 valence electrons. The van der Waals surface area contributed by atoms with E-state index in [0.29, 0.717) is 6.42 Å². The molecule has 2 aromatic rings. The highest BCUT2D eigenvalue weighted by atomic mass is 16.1. The summed E-state index contributed by atoms with van der Waals surface area (Å²) in [6.07, 6.45) is 11.8. The molecule has 0 saturated heterocycles. The van der Waals surface area contributed by atoms with E-state index in [0.717, 1.165) is 31.5 Å². The number of benzene rings is 1. The van der Waals surface area contributed by atoms with Crippen LogP contribution in [0, 0.1) is 0 Å². The molecule has 1 amide bonds. The lowest BCUT2D eigenvalue weighted by Gasteiger charge is -2.28. The van der Waals surface area contributed by atoms with Gasteiger partial charge in [-0.3, -0.25) is 4.79 Å². The molecule has 0 aliphatic heterocycles. The number of carbonyl (C=O) groups is 1. The Morgan fingerprint density at radius 2 is 2.00 bits per heavy atom. The Morgan fingerprint density at radius 1 is 1.18 bits per heavy atom. The molecule has 1 aromatic heterocycles. The second-order valence-corrected chi connectivity index (χ2v) is 8.00. The highest BCUT2D eigenvalue weighted by Gasteiger charge is 2.21. The first-order valence-electron chi connectivity index (χ1n) is 10.5. The summed E-state index contributed by atoms with van der Waals surface area (Å²) in [6, 6.07) is 6.61. The van der Waals surface area contributed by atoms with Crippen LogP contribution in [0.25, 0.3) is 0 Å². The second kappa shape index (κ2) is 11.0. The number of nitrogens with one attached hydrogen (secondary N) is 2. The van der Waals surface area contributed by atoms with Gasteiger partial charge in [0.1, 0.15) is 0 Å². The maximum absolute atomic E-state index is 11.9. The van der Waals surface area contributed by atoms with Crippen LogP contribution in [0.1, 0.15) is 63.1 Å². The van der Waals surface area contributed by atoms with Crippen LogP contribution in [0.4, 0.5) is 0 Å². The molecule has 0 saturated carbocycles. The summed E-state index contributed by atoms with van der Waals surface area (Å²) in [7, 11) is 1.70. The van der Waals surface area contributed by atoms with Gasteiger partial charge in [-0.25, -0.2) is 4.98 Å². The van der Waals surface area contributed by atoms with Crippen LogP contribution in [0.15, 0.2) is 36.9 Å². The summed E-state index contributed by atoms with van der Waals surface area (Å²) < 4.78 is 2.11. The third-order valence-corrected chi connectivity index (χ3v) is 5.33. The fourth-order valence-corrected chi connectivity index (χ4v) is 3.43. The van der Waals surface area contributed by atoms with Crippen LogP contribution >= 0.6 is 0 Å². The number of aryl methyl sites for hydroxylation is 2. The number of amides is 1. The monoisotopic (exact) mass is 384 g/mol. The van der Waals surface area contributed by atoms with Crippen molar-refractivity contribution in [1.29, 1.82) is 0 Å². The summed E-state index contributed by atoms with van der Waals surface area (Å²) in [5.41, 5.74) is 3.63. The molecule has 0 bridgehead atoms. The molecule has 2 rings (SSSR count). The maximum atomic E-state index is 11.9. The van der Waals surface area contributed by atoms with Gasteiger partial charge in [0.05, 0.1) is 12.7 Å². The highest BCUT2D eigenvalue weighted by Crippen LogP contribution is 2.25. The standard InChI is InChI=1S/C23H36N4O/c1-5-6-7-9-19-16-21(11-10-20(19)17-22(28)24-4)23(2,3)26-12-8-14-27-15-13-25-18-27/h10-11,13,15-16,18,26H,5-9,12,14,17H2,1-4H3,(H,24,28). The van der Waals surface area contributed by atoms with Gasteiger partial charge in [0.15, 0.2) is 0 Å². The van der Waals surface area contributed by atoms with Crippen molar-refractivity contribution in [2.24, 2.45) is 0 Å². The zero-order chi connectivity index (χ0) is 20.4. The Morgan fingerprint density at radius 3 is 2.68 bits per heavy atom. The van der Waals surface area contributed by atoms with Crippen molar-refractivity contribution in [3.63, 3.8) is 0 Å². The van der Waals surface area contributed by atoms with Gasteiger partial charge >= 0.3 is 0 Å².